The maximum absolute atomic E-state index is 5.71. The summed E-state index contributed by atoms with van der Waals surface area (Å²) in [5.74, 6) is 0. The van der Waals surface area contributed by atoms with Crippen LogP contribution >= 0.6 is 15.9 Å². The fourth-order valence-electron chi connectivity index (χ4n) is 0.904. The lowest BCUT2D eigenvalue weighted by atomic mass is 10.1. The lowest BCUT2D eigenvalue weighted by Gasteiger charge is -2.01. The Balaban J connectivity index is 2.62. The molecule has 1 aromatic rings. The van der Waals surface area contributed by atoms with Crippen LogP contribution in [0.25, 0.3) is 0 Å². The number of rotatable bonds is 3. The quantitative estimate of drug-likeness (QED) is 0.783. The van der Waals surface area contributed by atoms with Crippen LogP contribution in [0, 0.1) is 0 Å². The molecule has 0 unspecified atom stereocenters. The Morgan fingerprint density at radius 3 is 3.00 bits per heavy atom. The van der Waals surface area contributed by atoms with Crippen LogP contribution in [-0.4, -0.2) is 10.3 Å². The third kappa shape index (κ3) is 2.50. The van der Waals surface area contributed by atoms with Gasteiger partial charge in [0.1, 0.15) is 0 Å². The van der Waals surface area contributed by atoms with Gasteiger partial charge in [0.2, 0.25) is 0 Å². The van der Waals surface area contributed by atoms with Crippen LogP contribution < -0.4 is 5.73 Å². The highest BCUT2D eigenvalue weighted by Crippen LogP contribution is 2.11. The maximum Gasteiger partial charge on any atom is 0.0377 e. The van der Waals surface area contributed by atoms with E-state index >= 15 is 0 Å². The Bertz CT molecular complexity index is 225. The molecule has 0 fully saturated rings. The Morgan fingerprint density at radius 2 is 2.36 bits per heavy atom. The number of nitrogens with two attached hydrogens (primary N) is 1. The van der Waals surface area contributed by atoms with Gasteiger partial charge in [0.05, 0.1) is 0 Å². The van der Waals surface area contributed by atoms with Crippen LogP contribution in [0.2, 0.25) is 0 Å². The molecule has 0 atom stereocenters. The summed E-state index contributed by atoms with van der Waals surface area (Å²) in [7, 11) is 0. The minimum absolute atomic E-state index is 0.848. The summed E-state index contributed by atoms with van der Waals surface area (Å²) in [5, 5.41) is 1.02. The largest absolute Gasteiger partial charge is 0.398 e. The third-order valence-corrected chi connectivity index (χ3v) is 2.08. The summed E-state index contributed by atoms with van der Waals surface area (Å²) >= 11 is 3.37. The number of hydrogen-bond donors (Lipinski definition) is 1. The monoisotopic (exact) mass is 214 g/mol. The zero-order valence-electron chi connectivity index (χ0n) is 6.26. The Morgan fingerprint density at radius 1 is 1.55 bits per heavy atom. The molecule has 2 nitrogen and oxygen atoms in total. The van der Waals surface area contributed by atoms with Gasteiger partial charge in [0.15, 0.2) is 0 Å². The van der Waals surface area contributed by atoms with Crippen LogP contribution in [-0.2, 0) is 6.42 Å². The van der Waals surface area contributed by atoms with E-state index in [1.807, 2.05) is 12.3 Å². The van der Waals surface area contributed by atoms with Gasteiger partial charge in [-0.2, -0.15) is 0 Å². The number of aromatic nitrogens is 1. The van der Waals surface area contributed by atoms with Crippen molar-refractivity contribution in [1.82, 2.24) is 4.98 Å². The average molecular weight is 215 g/mol. The molecule has 0 saturated carbocycles. The van der Waals surface area contributed by atoms with Crippen molar-refractivity contribution < 1.29 is 0 Å². The van der Waals surface area contributed by atoms with Gasteiger partial charge in [-0.25, -0.2) is 0 Å². The normalized spacial score (nSPS) is 9.91. The fraction of sp³-hybridized carbons (Fsp3) is 0.375. The number of alkyl halides is 1. The van der Waals surface area contributed by atoms with E-state index in [0.717, 1.165) is 29.4 Å². The first kappa shape index (κ1) is 8.53. The summed E-state index contributed by atoms with van der Waals surface area (Å²) in [4.78, 5) is 4.00. The van der Waals surface area contributed by atoms with Gasteiger partial charge in [-0.15, -0.1) is 0 Å². The zero-order valence-corrected chi connectivity index (χ0v) is 7.84. The second kappa shape index (κ2) is 4.34. The molecule has 2 N–H and O–H groups in total. The van der Waals surface area contributed by atoms with Crippen LogP contribution in [0.15, 0.2) is 18.5 Å². The van der Waals surface area contributed by atoms with Crippen LogP contribution in [0.5, 0.6) is 0 Å². The first-order chi connectivity index (χ1) is 5.34. The molecule has 0 aliphatic heterocycles. The molecule has 0 aliphatic rings. The standard InChI is InChI=1S/C8H11BrN2/c9-4-1-2-7-6-11-5-3-8(7)10/h3,5-6H,1-2,4H2,(H2,10,11). The topological polar surface area (TPSA) is 38.9 Å². The molecule has 0 saturated heterocycles. The predicted octanol–water partition coefficient (Wildman–Crippen LogP) is 1.99. The molecule has 0 radical (unpaired) electrons. The number of nitrogen functional groups attached to an aromatic ring is 1. The van der Waals surface area contributed by atoms with Crippen molar-refractivity contribution in [1.29, 1.82) is 0 Å². The highest BCUT2D eigenvalue weighted by molar-refractivity contribution is 9.09. The first-order valence-corrected chi connectivity index (χ1v) is 4.71. The number of anilines is 1. The molecule has 1 rings (SSSR count). The number of hydrogen-bond acceptors (Lipinski definition) is 2. The van der Waals surface area contributed by atoms with Crippen molar-refractivity contribution in [3.63, 3.8) is 0 Å². The van der Waals surface area contributed by atoms with E-state index in [1.165, 1.54) is 0 Å². The summed E-state index contributed by atoms with van der Waals surface area (Å²) < 4.78 is 0. The molecule has 1 heterocycles. The van der Waals surface area contributed by atoms with Crippen molar-refractivity contribution in [3.05, 3.63) is 24.0 Å². The molecule has 3 heteroatoms. The molecule has 0 bridgehead atoms. The van der Waals surface area contributed by atoms with E-state index < -0.39 is 0 Å². The SMILES string of the molecule is Nc1ccncc1CCCBr. The number of halogens is 1. The summed E-state index contributed by atoms with van der Waals surface area (Å²) in [6.07, 6.45) is 5.66. The predicted molar refractivity (Wildman–Crippen MR) is 50.8 cm³/mol. The lowest BCUT2D eigenvalue weighted by Crippen LogP contribution is -1.95. The van der Waals surface area contributed by atoms with Gasteiger partial charge in [0, 0.05) is 23.4 Å². The second-order valence-electron chi connectivity index (χ2n) is 2.37. The van der Waals surface area contributed by atoms with Crippen LogP contribution in [0.4, 0.5) is 5.69 Å². The summed E-state index contributed by atoms with van der Waals surface area (Å²) in [6, 6.07) is 1.84. The van der Waals surface area contributed by atoms with Crippen molar-refractivity contribution in [2.24, 2.45) is 0 Å². The average Bonchev–Trinajstić information content (AvgIpc) is 2.03. The number of aryl methyl sites for hydroxylation is 1. The Labute approximate surface area is 75.0 Å². The first-order valence-electron chi connectivity index (χ1n) is 3.59. The summed E-state index contributed by atoms with van der Waals surface area (Å²) in [6.45, 7) is 0. The Kier molecular flexibility index (Phi) is 3.36. The van der Waals surface area contributed by atoms with E-state index in [4.69, 9.17) is 5.73 Å². The fourth-order valence-corrected chi connectivity index (χ4v) is 1.18. The van der Waals surface area contributed by atoms with Gasteiger partial charge in [0.25, 0.3) is 0 Å². The smallest absolute Gasteiger partial charge is 0.0377 e. The Hall–Kier alpha value is -0.570. The van der Waals surface area contributed by atoms with E-state index in [9.17, 15) is 0 Å². The molecule has 1 aromatic heterocycles. The second-order valence-corrected chi connectivity index (χ2v) is 3.16. The zero-order chi connectivity index (χ0) is 8.10. The van der Waals surface area contributed by atoms with Gasteiger partial charge in [-0.05, 0) is 24.5 Å². The van der Waals surface area contributed by atoms with Crippen molar-refractivity contribution in [2.75, 3.05) is 11.1 Å². The van der Waals surface area contributed by atoms with E-state index in [0.29, 0.717) is 0 Å². The maximum atomic E-state index is 5.71. The molecule has 11 heavy (non-hydrogen) atoms. The van der Waals surface area contributed by atoms with E-state index in [2.05, 4.69) is 20.9 Å². The highest BCUT2D eigenvalue weighted by Gasteiger charge is 1.96. The van der Waals surface area contributed by atoms with Crippen LogP contribution in [0.3, 0.4) is 0 Å². The van der Waals surface area contributed by atoms with Crippen molar-refractivity contribution >= 4 is 21.6 Å². The molecule has 0 aliphatic carbocycles. The highest BCUT2D eigenvalue weighted by atomic mass is 79.9. The minimum atomic E-state index is 0.848. The molecule has 0 aromatic carbocycles. The van der Waals surface area contributed by atoms with Crippen molar-refractivity contribution in [2.45, 2.75) is 12.8 Å². The van der Waals surface area contributed by atoms with Gasteiger partial charge in [-0.1, -0.05) is 15.9 Å². The number of nitrogens with zero attached hydrogens (tertiary/aromatic N) is 1. The van der Waals surface area contributed by atoms with Crippen molar-refractivity contribution in [3.8, 4) is 0 Å². The lowest BCUT2D eigenvalue weighted by molar-refractivity contribution is 0.933. The molecule has 0 spiro atoms. The van der Waals surface area contributed by atoms with Gasteiger partial charge < -0.3 is 5.73 Å². The van der Waals surface area contributed by atoms with E-state index in [1.54, 1.807) is 6.20 Å². The molecular formula is C8H11BrN2. The minimum Gasteiger partial charge on any atom is -0.398 e. The van der Waals surface area contributed by atoms with Gasteiger partial charge in [-0.3, -0.25) is 4.98 Å². The van der Waals surface area contributed by atoms with E-state index in [-0.39, 0.29) is 0 Å². The molecular weight excluding hydrogens is 204 g/mol. The molecule has 60 valence electrons. The molecule has 0 amide bonds. The number of pyridine rings is 1. The summed E-state index contributed by atoms with van der Waals surface area (Å²) in [5.41, 5.74) is 7.70. The third-order valence-electron chi connectivity index (χ3n) is 1.52. The van der Waals surface area contributed by atoms with Crippen LogP contribution in [0.1, 0.15) is 12.0 Å². The van der Waals surface area contributed by atoms with Gasteiger partial charge >= 0.3 is 0 Å².